The molecule has 0 radical (unpaired) electrons. The summed E-state index contributed by atoms with van der Waals surface area (Å²) in [6.45, 7) is 4.41. The average molecular weight is 429 g/mol. The molecule has 3 N–H and O–H groups in total. The van der Waals surface area contributed by atoms with Crippen LogP contribution in [0.25, 0.3) is 0 Å². The molecule has 0 aliphatic carbocycles. The van der Waals surface area contributed by atoms with E-state index < -0.39 is 0 Å². The second kappa shape index (κ2) is 24.6. The summed E-state index contributed by atoms with van der Waals surface area (Å²) in [5.41, 5.74) is 0. The Morgan fingerprint density at radius 2 is 1.03 bits per heavy atom. The Balaban J connectivity index is 3.23. The van der Waals surface area contributed by atoms with Crippen LogP contribution in [0.1, 0.15) is 116 Å². The normalized spacial score (nSPS) is 11.2. The summed E-state index contributed by atoms with van der Waals surface area (Å²) < 4.78 is 0. The Hall–Kier alpha value is -0.650. The van der Waals surface area contributed by atoms with Gasteiger partial charge in [0.25, 0.3) is 0 Å². The number of aliphatic hydroxyl groups excluding tert-OH is 2. The number of carbonyl (C=O) groups is 1. The zero-order valence-corrected chi connectivity index (χ0v) is 20.0. The number of hydrogen-bond donors (Lipinski definition) is 3. The highest BCUT2D eigenvalue weighted by Gasteiger charge is 2.11. The number of carbonyl (C=O) groups excluding carboxylic acids is 1. The summed E-state index contributed by atoms with van der Waals surface area (Å²) in [4.78, 5) is 13.5. The first kappa shape index (κ1) is 29.4. The Labute approximate surface area is 187 Å². The van der Waals surface area contributed by atoms with Crippen molar-refractivity contribution in [2.75, 3.05) is 39.4 Å². The fraction of sp³-hybridized carbons (Fsp3) is 0.960. The lowest BCUT2D eigenvalue weighted by Crippen LogP contribution is -2.37. The van der Waals surface area contributed by atoms with E-state index in [1.165, 1.54) is 108 Å². The molecular formula is C25H52N2O3. The van der Waals surface area contributed by atoms with Crippen LogP contribution in [0.4, 0.5) is 0 Å². The molecule has 0 aromatic carbocycles. The molecule has 0 aromatic heterocycles. The number of hydrogen-bond acceptors (Lipinski definition) is 4. The monoisotopic (exact) mass is 428 g/mol. The van der Waals surface area contributed by atoms with Crippen LogP contribution in [-0.4, -0.2) is 60.4 Å². The minimum Gasteiger partial charge on any atom is -0.395 e. The van der Waals surface area contributed by atoms with E-state index in [0.717, 1.165) is 6.54 Å². The molecule has 5 heteroatoms. The molecule has 30 heavy (non-hydrogen) atoms. The van der Waals surface area contributed by atoms with E-state index in [0.29, 0.717) is 26.1 Å². The molecule has 0 saturated carbocycles. The molecule has 0 spiro atoms. The highest BCUT2D eigenvalue weighted by molar-refractivity contribution is 5.76. The molecule has 0 heterocycles. The third kappa shape index (κ3) is 20.6. The number of aliphatic hydroxyl groups is 2. The van der Waals surface area contributed by atoms with Gasteiger partial charge in [-0.15, -0.1) is 0 Å². The van der Waals surface area contributed by atoms with Crippen molar-refractivity contribution in [1.29, 1.82) is 0 Å². The summed E-state index contributed by atoms with van der Waals surface area (Å²) >= 11 is 0. The maximum absolute atomic E-state index is 12.0. The van der Waals surface area contributed by atoms with Crippen LogP contribution in [0, 0.1) is 0 Å². The van der Waals surface area contributed by atoms with Gasteiger partial charge in [0, 0.05) is 26.1 Å². The van der Waals surface area contributed by atoms with Crippen molar-refractivity contribution in [2.45, 2.75) is 116 Å². The van der Waals surface area contributed by atoms with E-state index in [2.05, 4.69) is 12.2 Å². The fourth-order valence-electron chi connectivity index (χ4n) is 3.88. The molecule has 0 aliphatic rings. The minimum absolute atomic E-state index is 0.00225. The largest absolute Gasteiger partial charge is 0.395 e. The van der Waals surface area contributed by atoms with Crippen LogP contribution in [0.3, 0.4) is 0 Å². The van der Waals surface area contributed by atoms with Gasteiger partial charge in [-0.25, -0.2) is 0 Å². The van der Waals surface area contributed by atoms with Gasteiger partial charge in [0.2, 0.25) is 5.91 Å². The lowest BCUT2D eigenvalue weighted by Gasteiger charge is -2.20. The molecule has 0 fully saturated rings. The lowest BCUT2D eigenvalue weighted by atomic mass is 10.0. The standard InChI is InChI=1S/C25H52N2O3/c1-2-3-4-5-6-7-8-9-10-11-12-13-14-15-16-17-19-26-20-18-25(30)27(21-23-28)22-24-29/h26,28-29H,2-24H2,1H3. The Bertz CT molecular complexity index is 347. The lowest BCUT2D eigenvalue weighted by molar-refractivity contribution is -0.132. The zero-order valence-electron chi connectivity index (χ0n) is 20.0. The van der Waals surface area contributed by atoms with E-state index in [-0.39, 0.29) is 19.1 Å². The molecule has 0 rings (SSSR count). The van der Waals surface area contributed by atoms with Gasteiger partial charge in [0.15, 0.2) is 0 Å². The summed E-state index contributed by atoms with van der Waals surface area (Å²) in [6.07, 6.45) is 22.5. The molecule has 0 unspecified atom stereocenters. The maximum atomic E-state index is 12.0. The number of nitrogens with zero attached hydrogens (tertiary/aromatic N) is 1. The Morgan fingerprint density at radius 1 is 0.633 bits per heavy atom. The predicted octanol–water partition coefficient (Wildman–Crippen LogP) is 5.04. The van der Waals surface area contributed by atoms with Crippen molar-refractivity contribution in [2.24, 2.45) is 0 Å². The predicted molar refractivity (Wildman–Crippen MR) is 128 cm³/mol. The van der Waals surface area contributed by atoms with Crippen molar-refractivity contribution in [3.63, 3.8) is 0 Å². The van der Waals surface area contributed by atoms with Crippen LogP contribution < -0.4 is 5.32 Å². The molecule has 0 atom stereocenters. The van der Waals surface area contributed by atoms with Crippen LogP contribution in [0.15, 0.2) is 0 Å². The average Bonchev–Trinajstić information content (AvgIpc) is 2.75. The number of amides is 1. The third-order valence-electron chi connectivity index (χ3n) is 5.82. The first-order valence-electron chi connectivity index (χ1n) is 13.0. The van der Waals surface area contributed by atoms with Crippen LogP contribution in [-0.2, 0) is 4.79 Å². The number of rotatable bonds is 24. The molecule has 0 saturated heterocycles. The Morgan fingerprint density at radius 3 is 1.43 bits per heavy atom. The summed E-state index contributed by atoms with van der Waals surface area (Å²) in [5, 5.41) is 21.2. The number of nitrogens with one attached hydrogen (secondary N) is 1. The SMILES string of the molecule is CCCCCCCCCCCCCCCCCCNCCC(=O)N(CCO)CCO. The fourth-order valence-corrected chi connectivity index (χ4v) is 3.88. The molecule has 180 valence electrons. The van der Waals surface area contributed by atoms with E-state index in [1.54, 1.807) is 0 Å². The van der Waals surface area contributed by atoms with Gasteiger partial charge in [-0.3, -0.25) is 4.79 Å². The van der Waals surface area contributed by atoms with Crippen molar-refractivity contribution >= 4 is 5.91 Å². The smallest absolute Gasteiger partial charge is 0.224 e. The summed E-state index contributed by atoms with van der Waals surface area (Å²) in [7, 11) is 0. The molecule has 0 bridgehead atoms. The first-order chi connectivity index (χ1) is 14.8. The highest BCUT2D eigenvalue weighted by atomic mass is 16.3. The van der Waals surface area contributed by atoms with Crippen LogP contribution >= 0.6 is 0 Å². The maximum Gasteiger partial charge on any atom is 0.224 e. The second-order valence-corrected chi connectivity index (χ2v) is 8.63. The van der Waals surface area contributed by atoms with Crippen molar-refractivity contribution in [3.05, 3.63) is 0 Å². The van der Waals surface area contributed by atoms with Crippen LogP contribution in [0.2, 0.25) is 0 Å². The van der Waals surface area contributed by atoms with E-state index in [1.807, 2.05) is 0 Å². The molecule has 5 nitrogen and oxygen atoms in total. The molecule has 0 aromatic rings. The van der Waals surface area contributed by atoms with Gasteiger partial charge in [-0.1, -0.05) is 103 Å². The third-order valence-corrected chi connectivity index (χ3v) is 5.82. The van der Waals surface area contributed by atoms with Gasteiger partial charge >= 0.3 is 0 Å². The Kier molecular flexibility index (Phi) is 24.1. The quantitative estimate of drug-likeness (QED) is 0.188. The van der Waals surface area contributed by atoms with Crippen molar-refractivity contribution < 1.29 is 15.0 Å². The van der Waals surface area contributed by atoms with Gasteiger partial charge in [0.05, 0.1) is 13.2 Å². The summed E-state index contributed by atoms with van der Waals surface area (Å²) in [6, 6.07) is 0. The molecule has 1 amide bonds. The minimum atomic E-state index is -0.0572. The molecular weight excluding hydrogens is 376 g/mol. The van der Waals surface area contributed by atoms with Gasteiger partial charge in [-0.05, 0) is 13.0 Å². The second-order valence-electron chi connectivity index (χ2n) is 8.63. The van der Waals surface area contributed by atoms with Gasteiger partial charge < -0.3 is 20.4 Å². The van der Waals surface area contributed by atoms with E-state index in [9.17, 15) is 4.79 Å². The summed E-state index contributed by atoms with van der Waals surface area (Å²) in [5.74, 6) is -0.00225. The first-order valence-corrected chi connectivity index (χ1v) is 13.0. The number of unbranched alkanes of at least 4 members (excludes halogenated alkanes) is 15. The van der Waals surface area contributed by atoms with Crippen LogP contribution in [0.5, 0.6) is 0 Å². The van der Waals surface area contributed by atoms with E-state index >= 15 is 0 Å². The zero-order chi connectivity index (χ0) is 22.1. The van der Waals surface area contributed by atoms with Gasteiger partial charge in [-0.2, -0.15) is 0 Å². The van der Waals surface area contributed by atoms with Crippen molar-refractivity contribution in [3.8, 4) is 0 Å². The van der Waals surface area contributed by atoms with E-state index in [4.69, 9.17) is 10.2 Å². The van der Waals surface area contributed by atoms with Gasteiger partial charge in [0.1, 0.15) is 0 Å². The molecule has 0 aliphatic heterocycles. The topological polar surface area (TPSA) is 72.8 Å². The highest BCUT2D eigenvalue weighted by Crippen LogP contribution is 2.13. The van der Waals surface area contributed by atoms with Crippen molar-refractivity contribution in [1.82, 2.24) is 10.2 Å².